The van der Waals surface area contributed by atoms with Crippen molar-refractivity contribution in [2.24, 2.45) is 5.73 Å². The molecule has 0 unspecified atom stereocenters. The van der Waals surface area contributed by atoms with Crippen LogP contribution in [0.4, 0.5) is 0 Å². The first-order chi connectivity index (χ1) is 7.27. The van der Waals surface area contributed by atoms with Crippen LogP contribution >= 0.6 is 11.6 Å². The second kappa shape index (κ2) is 4.43. The molecule has 0 saturated carbocycles. The lowest BCUT2D eigenvalue weighted by Crippen LogP contribution is -2.11. The fourth-order valence-electron chi connectivity index (χ4n) is 1.45. The Bertz CT molecular complexity index is 442. The summed E-state index contributed by atoms with van der Waals surface area (Å²) in [5, 5.41) is 0.701. The predicted molar refractivity (Wildman–Crippen MR) is 61.7 cm³/mol. The van der Waals surface area contributed by atoms with E-state index in [0.717, 1.165) is 11.1 Å². The first-order valence-electron chi connectivity index (χ1n) is 4.68. The molecule has 2 aromatic rings. The molecule has 1 atom stereocenters. The molecular formula is C12H11ClN2. The van der Waals surface area contributed by atoms with Crippen LogP contribution in [0.25, 0.3) is 0 Å². The standard InChI is InChI=1S/C12H11ClN2/c13-11-5-1-3-9(7-11)12(14)10-4-2-6-15-8-10/h1-8,12H,14H2/t12-/m0/s1. The Labute approximate surface area is 93.7 Å². The van der Waals surface area contributed by atoms with Crippen LogP contribution in [0, 0.1) is 0 Å². The van der Waals surface area contributed by atoms with E-state index < -0.39 is 0 Å². The van der Waals surface area contributed by atoms with E-state index in [-0.39, 0.29) is 6.04 Å². The van der Waals surface area contributed by atoms with Gasteiger partial charge in [0.15, 0.2) is 0 Å². The lowest BCUT2D eigenvalue weighted by atomic mass is 10.0. The molecule has 0 spiro atoms. The van der Waals surface area contributed by atoms with E-state index in [0.29, 0.717) is 5.02 Å². The van der Waals surface area contributed by atoms with Gasteiger partial charge in [-0.1, -0.05) is 29.8 Å². The van der Waals surface area contributed by atoms with Crippen LogP contribution in [0.5, 0.6) is 0 Å². The maximum absolute atomic E-state index is 6.09. The summed E-state index contributed by atoms with van der Waals surface area (Å²) >= 11 is 5.91. The number of halogens is 1. The highest BCUT2D eigenvalue weighted by Gasteiger charge is 2.08. The van der Waals surface area contributed by atoms with Gasteiger partial charge >= 0.3 is 0 Å². The molecule has 0 bridgehead atoms. The van der Waals surface area contributed by atoms with Crippen LogP contribution in [0.2, 0.25) is 5.02 Å². The van der Waals surface area contributed by atoms with Gasteiger partial charge in [-0.25, -0.2) is 0 Å². The van der Waals surface area contributed by atoms with Crippen molar-refractivity contribution in [3.8, 4) is 0 Å². The average molecular weight is 219 g/mol. The van der Waals surface area contributed by atoms with Gasteiger partial charge in [-0.2, -0.15) is 0 Å². The van der Waals surface area contributed by atoms with Gasteiger partial charge in [-0.3, -0.25) is 4.98 Å². The molecule has 0 amide bonds. The highest BCUT2D eigenvalue weighted by molar-refractivity contribution is 6.30. The molecule has 1 aromatic heterocycles. The molecule has 0 aliphatic carbocycles. The normalized spacial score (nSPS) is 12.4. The Hall–Kier alpha value is -1.38. The minimum atomic E-state index is -0.169. The Kier molecular flexibility index (Phi) is 2.99. The zero-order valence-corrected chi connectivity index (χ0v) is 8.85. The van der Waals surface area contributed by atoms with Gasteiger partial charge in [-0.05, 0) is 29.3 Å². The minimum Gasteiger partial charge on any atom is -0.320 e. The van der Waals surface area contributed by atoms with Gasteiger partial charge in [0.25, 0.3) is 0 Å². The van der Waals surface area contributed by atoms with Crippen LogP contribution in [0.3, 0.4) is 0 Å². The summed E-state index contributed by atoms with van der Waals surface area (Å²) in [4.78, 5) is 4.04. The van der Waals surface area contributed by atoms with Crippen molar-refractivity contribution < 1.29 is 0 Å². The summed E-state index contributed by atoms with van der Waals surface area (Å²) in [5.74, 6) is 0. The summed E-state index contributed by atoms with van der Waals surface area (Å²) in [6, 6.07) is 11.2. The van der Waals surface area contributed by atoms with Gasteiger partial charge in [0.1, 0.15) is 0 Å². The van der Waals surface area contributed by atoms with Gasteiger partial charge < -0.3 is 5.73 Å². The Morgan fingerprint density at radius 1 is 1.13 bits per heavy atom. The van der Waals surface area contributed by atoms with Crippen LogP contribution in [0.15, 0.2) is 48.8 Å². The van der Waals surface area contributed by atoms with E-state index in [1.54, 1.807) is 12.4 Å². The molecule has 1 aromatic carbocycles. The van der Waals surface area contributed by atoms with E-state index in [2.05, 4.69) is 4.98 Å². The average Bonchev–Trinajstić information content (AvgIpc) is 2.29. The Morgan fingerprint density at radius 2 is 1.93 bits per heavy atom. The van der Waals surface area contributed by atoms with Crippen LogP contribution < -0.4 is 5.73 Å². The van der Waals surface area contributed by atoms with Crippen molar-refractivity contribution in [2.45, 2.75) is 6.04 Å². The first kappa shape index (κ1) is 10.1. The van der Waals surface area contributed by atoms with Gasteiger partial charge in [0.2, 0.25) is 0 Å². The second-order valence-electron chi connectivity index (χ2n) is 3.32. The third-order valence-electron chi connectivity index (χ3n) is 2.25. The summed E-state index contributed by atoms with van der Waals surface area (Å²) in [6.45, 7) is 0. The smallest absolute Gasteiger partial charge is 0.0567 e. The van der Waals surface area contributed by atoms with Crippen LogP contribution in [0.1, 0.15) is 17.2 Å². The van der Waals surface area contributed by atoms with Gasteiger partial charge in [0, 0.05) is 17.4 Å². The largest absolute Gasteiger partial charge is 0.320 e. The zero-order valence-electron chi connectivity index (χ0n) is 8.10. The van der Waals surface area contributed by atoms with Crippen molar-refractivity contribution in [1.29, 1.82) is 0 Å². The van der Waals surface area contributed by atoms with Crippen molar-refractivity contribution >= 4 is 11.6 Å². The molecule has 0 aliphatic rings. The predicted octanol–water partition coefficient (Wildman–Crippen LogP) is 2.78. The zero-order chi connectivity index (χ0) is 10.7. The lowest BCUT2D eigenvalue weighted by molar-refractivity contribution is 0.863. The number of nitrogens with two attached hydrogens (primary N) is 1. The monoisotopic (exact) mass is 218 g/mol. The van der Waals surface area contributed by atoms with Crippen LogP contribution in [-0.2, 0) is 0 Å². The Balaban J connectivity index is 2.32. The number of rotatable bonds is 2. The summed E-state index contributed by atoms with van der Waals surface area (Å²) in [7, 11) is 0. The third-order valence-corrected chi connectivity index (χ3v) is 2.49. The topological polar surface area (TPSA) is 38.9 Å². The molecule has 76 valence electrons. The molecule has 0 radical (unpaired) electrons. The third kappa shape index (κ3) is 2.35. The maximum atomic E-state index is 6.09. The number of hydrogen-bond acceptors (Lipinski definition) is 2. The van der Waals surface area contributed by atoms with E-state index in [4.69, 9.17) is 17.3 Å². The first-order valence-corrected chi connectivity index (χ1v) is 5.06. The van der Waals surface area contributed by atoms with E-state index in [9.17, 15) is 0 Å². The molecule has 0 saturated heterocycles. The molecule has 3 heteroatoms. The number of benzene rings is 1. The fraction of sp³-hybridized carbons (Fsp3) is 0.0833. The molecule has 15 heavy (non-hydrogen) atoms. The van der Waals surface area contributed by atoms with Crippen molar-refractivity contribution in [1.82, 2.24) is 4.98 Å². The van der Waals surface area contributed by atoms with Crippen LogP contribution in [-0.4, -0.2) is 4.98 Å². The lowest BCUT2D eigenvalue weighted by Gasteiger charge is -2.11. The summed E-state index contributed by atoms with van der Waals surface area (Å²) in [6.07, 6.45) is 3.50. The molecule has 0 fully saturated rings. The molecule has 2 N–H and O–H groups in total. The summed E-state index contributed by atoms with van der Waals surface area (Å²) in [5.41, 5.74) is 8.07. The SMILES string of the molecule is N[C@H](c1cccnc1)c1cccc(Cl)c1. The minimum absolute atomic E-state index is 0.169. The highest BCUT2D eigenvalue weighted by atomic mass is 35.5. The molecule has 2 rings (SSSR count). The van der Waals surface area contributed by atoms with E-state index in [1.165, 1.54) is 0 Å². The van der Waals surface area contributed by atoms with Crippen molar-refractivity contribution in [3.05, 3.63) is 64.9 Å². The van der Waals surface area contributed by atoms with E-state index in [1.807, 2.05) is 36.4 Å². The van der Waals surface area contributed by atoms with Gasteiger partial charge in [-0.15, -0.1) is 0 Å². The van der Waals surface area contributed by atoms with Crippen molar-refractivity contribution in [2.75, 3.05) is 0 Å². The number of aromatic nitrogens is 1. The molecular weight excluding hydrogens is 208 g/mol. The maximum Gasteiger partial charge on any atom is 0.0567 e. The Morgan fingerprint density at radius 3 is 2.60 bits per heavy atom. The molecule has 0 aliphatic heterocycles. The summed E-state index contributed by atoms with van der Waals surface area (Å²) < 4.78 is 0. The second-order valence-corrected chi connectivity index (χ2v) is 3.76. The fourth-order valence-corrected chi connectivity index (χ4v) is 1.65. The molecule has 1 heterocycles. The number of nitrogens with zero attached hydrogens (tertiary/aromatic N) is 1. The molecule has 2 nitrogen and oxygen atoms in total. The number of hydrogen-bond donors (Lipinski definition) is 1. The van der Waals surface area contributed by atoms with Gasteiger partial charge in [0.05, 0.1) is 6.04 Å². The van der Waals surface area contributed by atoms with Crippen molar-refractivity contribution in [3.63, 3.8) is 0 Å². The van der Waals surface area contributed by atoms with E-state index >= 15 is 0 Å². The highest BCUT2D eigenvalue weighted by Crippen LogP contribution is 2.21. The quantitative estimate of drug-likeness (QED) is 0.842. The number of pyridine rings is 1.